The fourth-order valence-electron chi connectivity index (χ4n) is 8.04. The lowest BCUT2D eigenvalue weighted by Gasteiger charge is -2.33. The van der Waals surface area contributed by atoms with Crippen LogP contribution in [0.2, 0.25) is 0 Å². The molecule has 0 aliphatic heterocycles. The summed E-state index contributed by atoms with van der Waals surface area (Å²) in [6.07, 6.45) is -9.05. The molecule has 2 saturated carbocycles. The Morgan fingerprint density at radius 3 is 1.34 bits per heavy atom. The second-order valence-corrected chi connectivity index (χ2v) is 15.6. The highest BCUT2D eigenvalue weighted by atomic mass is 19.4. The van der Waals surface area contributed by atoms with Gasteiger partial charge in [-0.25, -0.2) is 8.78 Å². The molecule has 56 heavy (non-hydrogen) atoms. The maximum atomic E-state index is 15.3. The number of benzene rings is 2. The molecular weight excluding hydrogens is 768 g/mol. The minimum atomic E-state index is -5.04. The van der Waals surface area contributed by atoms with Gasteiger partial charge >= 0.3 is 18.4 Å². The molecule has 318 valence electrons. The van der Waals surface area contributed by atoms with Crippen molar-refractivity contribution in [3.05, 3.63) is 53.1 Å². The Morgan fingerprint density at radius 2 is 0.911 bits per heavy atom. The van der Waals surface area contributed by atoms with E-state index in [0.29, 0.717) is 64.2 Å². The fraction of sp³-hybridized carbons (Fsp3) is 0.707. The quantitative estimate of drug-likeness (QED) is 0.0984. The second kappa shape index (κ2) is 19.6. The lowest BCUT2D eigenvalue weighted by atomic mass is 9.79. The van der Waals surface area contributed by atoms with E-state index in [2.05, 4.69) is 9.47 Å². The zero-order chi connectivity index (χ0) is 41.3. The molecule has 0 amide bonds. The topological polar surface area (TPSA) is 27.7 Å². The molecule has 15 heteroatoms. The van der Waals surface area contributed by atoms with Gasteiger partial charge in [-0.05, 0) is 126 Å². The number of rotatable bonds is 20. The summed E-state index contributed by atoms with van der Waals surface area (Å²) < 4.78 is 186. The Hall–Kier alpha value is -3.00. The third-order valence-electron chi connectivity index (χ3n) is 11.6. The lowest BCUT2D eigenvalue weighted by Crippen LogP contribution is -2.40. The van der Waals surface area contributed by atoms with E-state index in [1.54, 1.807) is 6.92 Å². The van der Waals surface area contributed by atoms with Crippen LogP contribution in [0.3, 0.4) is 0 Å². The van der Waals surface area contributed by atoms with Crippen molar-refractivity contribution in [2.45, 2.75) is 153 Å². The highest BCUT2D eigenvalue weighted by molar-refractivity contribution is 5.35. The highest BCUT2D eigenvalue weighted by Crippen LogP contribution is 2.45. The van der Waals surface area contributed by atoms with Gasteiger partial charge in [-0.1, -0.05) is 44.6 Å². The molecule has 2 fully saturated rings. The molecule has 0 heterocycles. The van der Waals surface area contributed by atoms with Crippen LogP contribution in [-0.2, 0) is 0 Å². The normalized spacial score (nSPS) is 22.1. The molecule has 0 saturated heterocycles. The summed E-state index contributed by atoms with van der Waals surface area (Å²) in [5.41, 5.74) is -3.38. The molecule has 1 atom stereocenters. The third-order valence-corrected chi connectivity index (χ3v) is 11.6. The van der Waals surface area contributed by atoms with E-state index in [1.165, 1.54) is 6.92 Å². The van der Waals surface area contributed by atoms with Gasteiger partial charge in [0.1, 0.15) is 0 Å². The summed E-state index contributed by atoms with van der Waals surface area (Å²) in [6.45, 7) is 2.91. The first kappa shape index (κ1) is 45.7. The van der Waals surface area contributed by atoms with Gasteiger partial charge in [0, 0.05) is 0 Å². The number of ether oxygens (including phenoxy) is 3. The summed E-state index contributed by atoms with van der Waals surface area (Å²) in [6, 6.07) is 4.02. The van der Waals surface area contributed by atoms with E-state index in [9.17, 15) is 48.3 Å². The van der Waals surface area contributed by atoms with Crippen LogP contribution < -0.4 is 14.2 Å². The van der Waals surface area contributed by atoms with Crippen molar-refractivity contribution in [3.8, 4) is 17.2 Å². The van der Waals surface area contributed by atoms with Crippen LogP contribution in [0.15, 0.2) is 24.3 Å². The molecule has 4 rings (SSSR count). The highest BCUT2D eigenvalue weighted by Gasteiger charge is 2.54. The number of halogens is 12. The van der Waals surface area contributed by atoms with E-state index in [0.717, 1.165) is 24.3 Å². The van der Waals surface area contributed by atoms with Gasteiger partial charge in [0.15, 0.2) is 23.1 Å². The van der Waals surface area contributed by atoms with Gasteiger partial charge in [0.2, 0.25) is 23.1 Å². The molecule has 2 aromatic carbocycles. The summed E-state index contributed by atoms with van der Waals surface area (Å²) in [4.78, 5) is 0. The summed E-state index contributed by atoms with van der Waals surface area (Å²) >= 11 is 0. The first-order valence-electron chi connectivity index (χ1n) is 19.7. The first-order chi connectivity index (χ1) is 26.3. The molecule has 0 bridgehead atoms. The standard InChI is InChI=1S/C41H52F12O3/c1-3-54-31-22-23-33(37(45)35(31)43)56-40(49,50)30-19-15-28(16-20-30)11-7-5-9-25-38(46,41(51,52)53)24-8-4-6-10-27-13-17-29(18-14-27)39(47,48)55-32-21-12-26(2)34(42)36(32)44/h12,21-23,27-30H,3-11,13-20,24-25H2,1-2H3. The second-order valence-electron chi connectivity index (χ2n) is 15.6. The lowest BCUT2D eigenvalue weighted by molar-refractivity contribution is -0.236. The Kier molecular flexibility index (Phi) is 16.0. The van der Waals surface area contributed by atoms with E-state index in [-0.39, 0.29) is 62.5 Å². The van der Waals surface area contributed by atoms with Gasteiger partial charge in [0.25, 0.3) is 0 Å². The SMILES string of the molecule is CCOc1ccc(OC(F)(F)C2CCC(CCCCCC(F)(CCCCCC3CCC(C(F)(F)Oc4ccc(C)c(F)c4F)CC3)C(F)(F)F)CC2)c(F)c1F. The average molecular weight is 821 g/mol. The van der Waals surface area contributed by atoms with E-state index >= 15 is 4.39 Å². The number of hydrogen-bond donors (Lipinski definition) is 0. The fourth-order valence-corrected chi connectivity index (χ4v) is 8.04. The Balaban J connectivity index is 1.10. The van der Waals surface area contributed by atoms with E-state index in [1.807, 2.05) is 0 Å². The zero-order valence-corrected chi connectivity index (χ0v) is 31.8. The van der Waals surface area contributed by atoms with Crippen molar-refractivity contribution in [1.29, 1.82) is 0 Å². The molecule has 0 spiro atoms. The minimum absolute atomic E-state index is 0.00452. The molecule has 2 aliphatic rings. The molecule has 2 aromatic rings. The van der Waals surface area contributed by atoms with Crippen molar-refractivity contribution in [2.75, 3.05) is 6.61 Å². The van der Waals surface area contributed by atoms with Crippen molar-refractivity contribution in [2.24, 2.45) is 23.7 Å². The van der Waals surface area contributed by atoms with Crippen LogP contribution in [0.5, 0.6) is 17.2 Å². The molecule has 0 radical (unpaired) electrons. The Labute approximate surface area is 320 Å². The van der Waals surface area contributed by atoms with Crippen molar-refractivity contribution < 1.29 is 66.9 Å². The van der Waals surface area contributed by atoms with Crippen LogP contribution >= 0.6 is 0 Å². The van der Waals surface area contributed by atoms with Crippen LogP contribution in [0, 0.1) is 53.9 Å². The number of unbranched alkanes of at least 4 members (excludes halogenated alkanes) is 4. The van der Waals surface area contributed by atoms with Crippen LogP contribution in [0.1, 0.15) is 128 Å². The largest absolute Gasteiger partial charge is 0.491 e. The molecule has 0 N–H and O–H groups in total. The third kappa shape index (κ3) is 12.0. The number of hydrogen-bond acceptors (Lipinski definition) is 3. The van der Waals surface area contributed by atoms with Crippen LogP contribution in [-0.4, -0.2) is 30.7 Å². The molecular formula is C41H52F12O3. The van der Waals surface area contributed by atoms with E-state index in [4.69, 9.17) is 4.74 Å². The number of aryl methyl sites for hydroxylation is 1. The summed E-state index contributed by atoms with van der Waals surface area (Å²) in [5.74, 6) is -10.2. The first-order valence-corrected chi connectivity index (χ1v) is 19.7. The smallest absolute Gasteiger partial charge is 0.422 e. The molecule has 0 aromatic heterocycles. The Morgan fingerprint density at radius 1 is 0.518 bits per heavy atom. The van der Waals surface area contributed by atoms with Crippen LogP contribution in [0.4, 0.5) is 52.7 Å². The van der Waals surface area contributed by atoms with Gasteiger partial charge in [0.05, 0.1) is 18.4 Å². The summed E-state index contributed by atoms with van der Waals surface area (Å²) in [7, 11) is 0. The van der Waals surface area contributed by atoms with Gasteiger partial charge in [-0.2, -0.15) is 43.9 Å². The predicted molar refractivity (Wildman–Crippen MR) is 187 cm³/mol. The minimum Gasteiger partial charge on any atom is -0.491 e. The monoisotopic (exact) mass is 820 g/mol. The van der Waals surface area contributed by atoms with Crippen molar-refractivity contribution >= 4 is 0 Å². The maximum Gasteiger partial charge on any atom is 0.422 e. The predicted octanol–water partition coefficient (Wildman–Crippen LogP) is 14.4. The van der Waals surface area contributed by atoms with E-state index < -0.39 is 89.3 Å². The Bertz CT molecular complexity index is 1530. The molecule has 1 unspecified atom stereocenters. The molecule has 3 nitrogen and oxygen atoms in total. The van der Waals surface area contributed by atoms with Crippen molar-refractivity contribution in [1.82, 2.24) is 0 Å². The molecule has 2 aliphatic carbocycles. The zero-order valence-electron chi connectivity index (χ0n) is 31.8. The van der Waals surface area contributed by atoms with Gasteiger partial charge in [-0.15, -0.1) is 0 Å². The maximum absolute atomic E-state index is 15.3. The summed E-state index contributed by atoms with van der Waals surface area (Å²) in [5, 5.41) is 0. The van der Waals surface area contributed by atoms with Crippen LogP contribution in [0.25, 0.3) is 0 Å². The average Bonchev–Trinajstić information content (AvgIpc) is 3.14. The van der Waals surface area contributed by atoms with Gasteiger partial charge in [-0.3, -0.25) is 0 Å². The van der Waals surface area contributed by atoms with Crippen molar-refractivity contribution in [3.63, 3.8) is 0 Å². The number of alkyl halides is 8. The van der Waals surface area contributed by atoms with Gasteiger partial charge < -0.3 is 14.2 Å².